The van der Waals surface area contributed by atoms with E-state index in [-0.39, 0.29) is 95.5 Å². The molecule has 11 aliphatic rings. The van der Waals surface area contributed by atoms with Crippen molar-refractivity contribution in [3.8, 4) is 5.69 Å². The Bertz CT molecular complexity index is 7590. The summed E-state index contributed by atoms with van der Waals surface area (Å²) in [6, 6.07) is 148. The Balaban J connectivity index is 0.000000139. The minimum atomic E-state index is -0.292. The number of nitrogens with zero attached hydrogens (tertiary/aromatic N) is 4. The van der Waals surface area contributed by atoms with Crippen LogP contribution < -0.4 is 58.4 Å². The number of anilines is 9. The Morgan fingerprint density at radius 3 is 0.737 bits per heavy atom. The maximum atomic E-state index is 2.58. The number of hydrogen-bond acceptors (Lipinski definition) is 4. The van der Waals surface area contributed by atoms with Crippen molar-refractivity contribution in [3.63, 3.8) is 0 Å². The van der Waals surface area contributed by atoms with Crippen LogP contribution in [0.1, 0.15) is 72.2 Å². The van der Waals surface area contributed by atoms with Crippen molar-refractivity contribution in [2.24, 2.45) is 23.7 Å². The third kappa shape index (κ3) is 12.1. The lowest BCUT2D eigenvalue weighted by atomic mass is 9.19. The molecule has 0 fully saturated rings. The topological polar surface area (TPSA) is 14.7 Å². The van der Waals surface area contributed by atoms with Crippen LogP contribution in [0.15, 0.2) is 495 Å². The van der Waals surface area contributed by atoms with E-state index >= 15 is 0 Å². The second kappa shape index (κ2) is 32.0. The average Bonchev–Trinajstić information content (AvgIpc) is 1.04. The molecule has 16 aromatic carbocycles. The molecule has 4 nitrogen and oxygen atoms in total. The molecule has 9 heteroatoms. The molecule has 0 bridgehead atoms. The molecule has 8 heterocycles. The molecule has 0 saturated carbocycles. The zero-order chi connectivity index (χ0) is 91.0. The summed E-state index contributed by atoms with van der Waals surface area (Å²) in [6.45, 7) is 10.2. The number of rotatable bonds is 8. The van der Waals surface area contributed by atoms with Crippen molar-refractivity contribution in [1.82, 2.24) is 4.57 Å². The van der Waals surface area contributed by atoms with Gasteiger partial charge in [-0.1, -0.05) is 459 Å². The normalized spacial score (nSPS) is 22.6. The lowest BCUT2D eigenvalue weighted by Crippen LogP contribution is -2.67. The number of fused-ring (bicyclic) bond motifs is 25. The Morgan fingerprint density at radius 1 is 0.212 bits per heavy atom. The molecule has 9 unspecified atom stereocenters. The summed E-state index contributed by atoms with van der Waals surface area (Å²) < 4.78 is 2.43. The van der Waals surface area contributed by atoms with Gasteiger partial charge in [0.25, 0.3) is 0 Å². The predicted molar refractivity (Wildman–Crippen MR) is 582 cm³/mol. The molecule has 17 aromatic rings. The number of para-hydroxylation sites is 8. The summed E-state index contributed by atoms with van der Waals surface area (Å²) in [4.78, 5) is 9.97. The average molecular weight is 1770 g/mol. The zero-order valence-corrected chi connectivity index (χ0v) is 78.1. The van der Waals surface area contributed by atoms with Crippen LogP contribution in [0.4, 0.5) is 51.2 Å². The Morgan fingerprint density at radius 2 is 0.438 bits per heavy atom. The van der Waals surface area contributed by atoms with Gasteiger partial charge >= 0.3 is 0 Å². The third-order valence-corrected chi connectivity index (χ3v) is 34.8. The van der Waals surface area contributed by atoms with Gasteiger partial charge in [0.05, 0.1) is 45.2 Å². The standard InChI is InChI=1S/C67H56B2N2.C61H44B2N2S/c1-65(2)53-25-9-17-33-61(53)70(62-34-18-10-26-54(62)65)47-41-37-45(38-42-47)68-57-29-13-5-21-49(57)67(50-22-6-14-30-58(50)68)51-23-7-15-31-59(51)69(60-32-16-8-24-52(60)67)46-39-43-48(44-40-46)71-63-35-19-11-27-55(63)66(3,4)56-28-12-20-36-64(56)71;1-11-27-55-45(17-1)46-18-2-12-28-56(46)64(55)43-37-33-41(34-38-43)62-51-23-7-3-19-47(51)61(48-20-4-8-24-52(48)62)49-21-5-9-25-53(49)63(54-26-10-6-22-50(54)61)42-35-39-44(40-36-42)65-57-29-13-15-31-59(57)66-60-32-16-14-30-58(60)65/h5-44,49,51,57,59H,1-4H3;1-40,47,49,51,53H. The number of aromatic nitrogens is 1. The highest BCUT2D eigenvalue weighted by Crippen LogP contribution is 2.64. The quantitative estimate of drug-likeness (QED) is 0.141. The van der Waals surface area contributed by atoms with E-state index in [1.54, 1.807) is 0 Å². The maximum absolute atomic E-state index is 2.58. The van der Waals surface area contributed by atoms with Crippen molar-refractivity contribution < 1.29 is 0 Å². The van der Waals surface area contributed by atoms with Gasteiger partial charge in [0.2, 0.25) is 26.9 Å². The van der Waals surface area contributed by atoms with Crippen molar-refractivity contribution in [3.05, 3.63) is 530 Å². The minimum absolute atomic E-state index is 0.0995. The summed E-state index contributed by atoms with van der Waals surface area (Å²) in [7, 11) is 0. The smallest absolute Gasteiger partial charge is 0.217 e. The molecule has 650 valence electrons. The molecule has 28 rings (SSSR count). The second-order valence-corrected chi connectivity index (χ2v) is 41.7. The highest BCUT2D eigenvalue weighted by Gasteiger charge is 2.64. The first-order valence-electron chi connectivity index (χ1n) is 49.4. The zero-order valence-electron chi connectivity index (χ0n) is 77.3. The fourth-order valence-corrected chi connectivity index (χ4v) is 29.2. The highest BCUT2D eigenvalue weighted by atomic mass is 32.2. The molecule has 4 aliphatic carbocycles. The minimum Gasteiger partial charge on any atom is -0.310 e. The molecule has 0 amide bonds. The number of benzene rings is 16. The van der Waals surface area contributed by atoms with Crippen LogP contribution in [-0.4, -0.2) is 31.4 Å². The van der Waals surface area contributed by atoms with E-state index in [1.807, 2.05) is 11.8 Å². The molecule has 9 atom stereocenters. The van der Waals surface area contributed by atoms with Crippen LogP contribution in [0.3, 0.4) is 0 Å². The molecule has 137 heavy (non-hydrogen) atoms. The third-order valence-electron chi connectivity index (χ3n) is 33.6. The molecule has 0 N–H and O–H groups in total. The van der Waals surface area contributed by atoms with Gasteiger partial charge in [0, 0.05) is 65.0 Å². The molecule has 2 spiro atoms. The van der Waals surface area contributed by atoms with E-state index in [2.05, 4.69) is 532 Å². The van der Waals surface area contributed by atoms with Crippen molar-refractivity contribution in [2.75, 3.05) is 14.7 Å². The van der Waals surface area contributed by atoms with Crippen LogP contribution in [-0.2, 0) is 21.7 Å². The van der Waals surface area contributed by atoms with Gasteiger partial charge in [-0.05, 0) is 201 Å². The fourth-order valence-electron chi connectivity index (χ4n) is 28.2. The first kappa shape index (κ1) is 81.8. The van der Waals surface area contributed by atoms with Crippen molar-refractivity contribution in [1.29, 1.82) is 0 Å². The van der Waals surface area contributed by atoms with Crippen LogP contribution >= 0.6 is 11.8 Å². The van der Waals surface area contributed by atoms with Crippen molar-refractivity contribution >= 4 is 155 Å². The predicted octanol–water partition coefficient (Wildman–Crippen LogP) is 26.1. The summed E-state index contributed by atoms with van der Waals surface area (Å²) >= 11 is 1.86. The van der Waals surface area contributed by atoms with E-state index in [0.717, 1.165) is 0 Å². The molecule has 7 aliphatic heterocycles. The van der Waals surface area contributed by atoms with Gasteiger partial charge in [0.15, 0.2) is 0 Å². The summed E-state index contributed by atoms with van der Waals surface area (Å²) in [5, 5.41) is 2.58. The van der Waals surface area contributed by atoms with Gasteiger partial charge in [-0.3, -0.25) is 0 Å². The van der Waals surface area contributed by atoms with E-state index in [9.17, 15) is 0 Å². The van der Waals surface area contributed by atoms with E-state index in [4.69, 9.17) is 0 Å². The van der Waals surface area contributed by atoms with Crippen LogP contribution in [0, 0.1) is 23.7 Å². The Labute approximate surface area is 810 Å². The first-order valence-corrected chi connectivity index (χ1v) is 50.2. The van der Waals surface area contributed by atoms with E-state index in [1.165, 1.54) is 177 Å². The fraction of sp³-hybridized carbons (Fsp3) is 0.125. The lowest BCUT2D eigenvalue weighted by Gasteiger charge is -2.59. The van der Waals surface area contributed by atoms with Gasteiger partial charge < -0.3 is 19.3 Å². The SMILES string of the molecule is C1=CC2B(c3ccc(N4c5ccccc5Sc5ccccc54)cc3)c3ccccc3C3(c4ccccc4B(c4ccc(-n5c6ccccc6c6ccccc65)cc4)C4C=CC=CC43)C2C=C1.CC1(C)c2ccccc2N(c2ccc(B3c4ccccc4C4(c5ccccc5B(c5ccc(N6c7ccccc7C(C)(C)c7ccccc76)cc5)C5C=CC=CC54)C4C=CC=CC34)cc2)c2ccccc21. The first-order chi connectivity index (χ1) is 67.5. The monoisotopic (exact) mass is 1770 g/mol. The molecule has 0 saturated heterocycles. The highest BCUT2D eigenvalue weighted by molar-refractivity contribution is 7.99. The number of allylic oxidation sites excluding steroid dienone is 16. The van der Waals surface area contributed by atoms with Crippen molar-refractivity contribution in [2.45, 2.75) is 82.4 Å². The van der Waals surface area contributed by atoms with Gasteiger partial charge in [-0.25, -0.2) is 0 Å². The van der Waals surface area contributed by atoms with Crippen LogP contribution in [0.25, 0.3) is 27.5 Å². The number of hydrogen-bond donors (Lipinski definition) is 0. The van der Waals surface area contributed by atoms with Crippen LogP contribution in [0.2, 0.25) is 23.3 Å². The largest absolute Gasteiger partial charge is 0.310 e. The van der Waals surface area contributed by atoms with Gasteiger partial charge in [-0.15, -0.1) is 0 Å². The molecule has 1 aromatic heterocycles. The second-order valence-electron chi connectivity index (χ2n) is 40.6. The van der Waals surface area contributed by atoms with E-state index < -0.39 is 0 Å². The Kier molecular flexibility index (Phi) is 19.1. The molecular formula is C128H100B4N4S. The van der Waals surface area contributed by atoms with E-state index in [0.29, 0.717) is 0 Å². The molecule has 0 radical (unpaired) electrons. The maximum Gasteiger partial charge on any atom is 0.217 e. The van der Waals surface area contributed by atoms with Gasteiger partial charge in [0.1, 0.15) is 0 Å². The Hall–Kier alpha value is -14.8. The van der Waals surface area contributed by atoms with Crippen LogP contribution in [0.5, 0.6) is 0 Å². The summed E-state index contributed by atoms with van der Waals surface area (Å²) in [6.07, 6.45) is 39.1. The summed E-state index contributed by atoms with van der Waals surface area (Å²) in [5.74, 6) is 1.97. The molecular weight excluding hydrogens is 1670 g/mol. The lowest BCUT2D eigenvalue weighted by molar-refractivity contribution is 0.281. The summed E-state index contributed by atoms with van der Waals surface area (Å²) in [5.41, 5.74) is 36.5. The van der Waals surface area contributed by atoms with Gasteiger partial charge in [-0.2, -0.15) is 0 Å².